The van der Waals surface area contributed by atoms with E-state index in [2.05, 4.69) is 24.7 Å². The first-order valence-corrected chi connectivity index (χ1v) is 6.36. The van der Waals surface area contributed by atoms with Gasteiger partial charge in [0.25, 0.3) is 10.0 Å². The highest BCUT2D eigenvalue weighted by Gasteiger charge is 2.17. The molecule has 0 saturated heterocycles. The molecule has 0 amide bonds. The molecule has 0 aromatic carbocycles. The van der Waals surface area contributed by atoms with Gasteiger partial charge in [-0.2, -0.15) is 8.42 Å². The van der Waals surface area contributed by atoms with Crippen LogP contribution >= 0.6 is 11.6 Å². The summed E-state index contributed by atoms with van der Waals surface area (Å²) in [4.78, 5) is 13.8. The lowest BCUT2D eigenvalue weighted by Gasteiger charge is -2.05. The third-order valence-electron chi connectivity index (χ3n) is 1.81. The van der Waals surface area contributed by atoms with Crippen LogP contribution in [0.15, 0.2) is 23.6 Å². The summed E-state index contributed by atoms with van der Waals surface area (Å²) in [6.07, 6.45) is 2.44. The molecular weight excluding hydrogens is 266 g/mol. The van der Waals surface area contributed by atoms with Crippen molar-refractivity contribution in [2.45, 2.75) is 11.9 Å². The molecular formula is C8H8ClN5O2S. The lowest BCUT2D eigenvalue weighted by molar-refractivity contribution is 0.598. The molecule has 0 saturated carbocycles. The number of imidazole rings is 1. The Morgan fingerprint density at radius 3 is 2.76 bits per heavy atom. The van der Waals surface area contributed by atoms with Crippen LogP contribution in [0.3, 0.4) is 0 Å². The van der Waals surface area contributed by atoms with Crippen molar-refractivity contribution in [2.75, 3.05) is 4.72 Å². The normalized spacial score (nSPS) is 11.4. The first kappa shape index (κ1) is 11.8. The van der Waals surface area contributed by atoms with Gasteiger partial charge in [0.15, 0.2) is 5.03 Å². The van der Waals surface area contributed by atoms with Crippen molar-refractivity contribution >= 4 is 27.6 Å². The molecule has 7 nitrogen and oxygen atoms in total. The molecule has 0 fully saturated rings. The quantitative estimate of drug-likeness (QED) is 0.811. The molecule has 0 spiro atoms. The second kappa shape index (κ2) is 4.30. The summed E-state index contributed by atoms with van der Waals surface area (Å²) in [5.41, 5.74) is 0.562. The van der Waals surface area contributed by atoms with Crippen LogP contribution in [-0.2, 0) is 10.0 Å². The standard InChI is InChI=1S/C8H8ClN5O2S/c1-5-2-6(9)13-8(12-5)14-17(15,16)7-3-10-4-11-7/h2-4H,1H3,(H,10,11)(H,12,13,14). The summed E-state index contributed by atoms with van der Waals surface area (Å²) in [6.45, 7) is 1.68. The van der Waals surface area contributed by atoms with Gasteiger partial charge in [-0.25, -0.2) is 19.7 Å². The molecule has 2 aromatic rings. The van der Waals surface area contributed by atoms with Gasteiger partial charge in [-0.05, 0) is 13.0 Å². The van der Waals surface area contributed by atoms with Crippen LogP contribution in [0, 0.1) is 6.92 Å². The number of aromatic amines is 1. The van der Waals surface area contributed by atoms with E-state index in [0.29, 0.717) is 5.69 Å². The Morgan fingerprint density at radius 2 is 2.18 bits per heavy atom. The highest BCUT2D eigenvalue weighted by atomic mass is 35.5. The fraction of sp³-hybridized carbons (Fsp3) is 0.125. The zero-order valence-electron chi connectivity index (χ0n) is 8.68. The summed E-state index contributed by atoms with van der Waals surface area (Å²) < 4.78 is 25.8. The Bertz CT molecular complexity index is 605. The predicted molar refractivity (Wildman–Crippen MR) is 61.2 cm³/mol. The zero-order valence-corrected chi connectivity index (χ0v) is 10.2. The summed E-state index contributed by atoms with van der Waals surface area (Å²) >= 11 is 5.70. The average Bonchev–Trinajstić information content (AvgIpc) is 2.67. The topological polar surface area (TPSA) is 101 Å². The van der Waals surface area contributed by atoms with Crippen molar-refractivity contribution in [1.82, 2.24) is 19.9 Å². The van der Waals surface area contributed by atoms with Crippen LogP contribution < -0.4 is 4.72 Å². The number of sulfonamides is 1. The van der Waals surface area contributed by atoms with Crippen LogP contribution in [0.5, 0.6) is 0 Å². The highest BCUT2D eigenvalue weighted by Crippen LogP contribution is 2.13. The molecule has 0 radical (unpaired) electrons. The molecule has 0 aliphatic rings. The maximum absolute atomic E-state index is 11.8. The van der Waals surface area contributed by atoms with E-state index in [1.54, 1.807) is 6.92 Å². The monoisotopic (exact) mass is 273 g/mol. The van der Waals surface area contributed by atoms with Gasteiger partial charge in [0, 0.05) is 5.69 Å². The Morgan fingerprint density at radius 1 is 1.41 bits per heavy atom. The third-order valence-corrected chi connectivity index (χ3v) is 3.26. The Labute approximate surface area is 102 Å². The highest BCUT2D eigenvalue weighted by molar-refractivity contribution is 7.92. The summed E-state index contributed by atoms with van der Waals surface area (Å²) in [7, 11) is -3.76. The van der Waals surface area contributed by atoms with E-state index in [1.807, 2.05) is 0 Å². The van der Waals surface area contributed by atoms with Crippen molar-refractivity contribution in [3.8, 4) is 0 Å². The molecule has 0 aliphatic carbocycles. The summed E-state index contributed by atoms with van der Waals surface area (Å²) in [5.74, 6) is -0.0791. The van der Waals surface area contributed by atoms with Crippen molar-refractivity contribution in [3.05, 3.63) is 29.4 Å². The number of hydrogen-bond acceptors (Lipinski definition) is 5. The molecule has 0 aliphatic heterocycles. The minimum Gasteiger partial charge on any atom is -0.334 e. The maximum atomic E-state index is 11.8. The molecule has 0 bridgehead atoms. The van der Waals surface area contributed by atoms with Crippen molar-refractivity contribution in [3.63, 3.8) is 0 Å². The van der Waals surface area contributed by atoms with Crippen LogP contribution in [0.2, 0.25) is 5.15 Å². The maximum Gasteiger partial charge on any atom is 0.281 e. The molecule has 17 heavy (non-hydrogen) atoms. The van der Waals surface area contributed by atoms with Gasteiger partial charge in [0.1, 0.15) is 5.15 Å². The average molecular weight is 274 g/mol. The van der Waals surface area contributed by atoms with E-state index in [-0.39, 0.29) is 16.1 Å². The van der Waals surface area contributed by atoms with E-state index in [0.717, 1.165) is 0 Å². The number of anilines is 1. The van der Waals surface area contributed by atoms with Crippen LogP contribution in [0.1, 0.15) is 5.69 Å². The predicted octanol–water partition coefficient (Wildman–Crippen LogP) is 0.962. The van der Waals surface area contributed by atoms with Crippen LogP contribution in [-0.4, -0.2) is 28.4 Å². The van der Waals surface area contributed by atoms with E-state index < -0.39 is 10.0 Å². The Kier molecular flexibility index (Phi) is 2.99. The number of nitrogens with one attached hydrogen (secondary N) is 2. The Hall–Kier alpha value is -1.67. The minimum atomic E-state index is -3.76. The molecule has 2 N–H and O–H groups in total. The number of rotatable bonds is 3. The van der Waals surface area contributed by atoms with Crippen molar-refractivity contribution < 1.29 is 8.42 Å². The van der Waals surface area contributed by atoms with Crippen LogP contribution in [0.25, 0.3) is 0 Å². The molecule has 2 aromatic heterocycles. The number of H-pyrrole nitrogens is 1. The second-order valence-corrected chi connectivity index (χ2v) is 5.22. The molecule has 9 heteroatoms. The summed E-state index contributed by atoms with van der Waals surface area (Å²) in [6, 6.07) is 1.52. The van der Waals surface area contributed by atoms with Gasteiger partial charge in [-0.1, -0.05) is 11.6 Å². The second-order valence-electron chi connectivity index (χ2n) is 3.18. The van der Waals surface area contributed by atoms with Gasteiger partial charge in [-0.3, -0.25) is 0 Å². The third kappa shape index (κ3) is 2.71. The number of hydrogen-bond donors (Lipinski definition) is 2. The smallest absolute Gasteiger partial charge is 0.281 e. The minimum absolute atomic E-state index is 0.0706. The fourth-order valence-corrected chi connectivity index (χ4v) is 2.23. The largest absolute Gasteiger partial charge is 0.334 e. The summed E-state index contributed by atoms with van der Waals surface area (Å²) in [5, 5.41) is 0.0959. The van der Waals surface area contributed by atoms with Crippen molar-refractivity contribution in [2.24, 2.45) is 0 Å². The molecule has 2 heterocycles. The number of aromatic nitrogens is 4. The van der Waals surface area contributed by atoms with E-state index >= 15 is 0 Å². The SMILES string of the molecule is Cc1cc(Cl)nc(NS(=O)(=O)c2cnc[nH]2)n1. The van der Waals surface area contributed by atoms with Gasteiger partial charge in [0.2, 0.25) is 5.95 Å². The molecule has 0 unspecified atom stereocenters. The number of halogens is 1. The van der Waals surface area contributed by atoms with Gasteiger partial charge < -0.3 is 4.98 Å². The van der Waals surface area contributed by atoms with Crippen LogP contribution in [0.4, 0.5) is 5.95 Å². The molecule has 90 valence electrons. The Balaban J connectivity index is 2.33. The van der Waals surface area contributed by atoms with Gasteiger partial charge >= 0.3 is 0 Å². The zero-order chi connectivity index (χ0) is 12.5. The first-order chi connectivity index (χ1) is 7.97. The van der Waals surface area contributed by atoms with Crippen molar-refractivity contribution in [1.29, 1.82) is 0 Å². The van der Waals surface area contributed by atoms with E-state index in [9.17, 15) is 8.42 Å². The van der Waals surface area contributed by atoms with E-state index in [1.165, 1.54) is 18.6 Å². The first-order valence-electron chi connectivity index (χ1n) is 4.50. The molecule has 0 atom stereocenters. The van der Waals surface area contributed by atoms with Gasteiger partial charge in [0.05, 0.1) is 12.5 Å². The lowest BCUT2D eigenvalue weighted by Crippen LogP contribution is -2.15. The number of aryl methyl sites for hydroxylation is 1. The fourth-order valence-electron chi connectivity index (χ4n) is 1.14. The van der Waals surface area contributed by atoms with Gasteiger partial charge in [-0.15, -0.1) is 0 Å². The molecule has 2 rings (SSSR count). The lowest BCUT2D eigenvalue weighted by atomic mass is 10.5. The number of nitrogens with zero attached hydrogens (tertiary/aromatic N) is 3. The van der Waals surface area contributed by atoms with E-state index in [4.69, 9.17) is 11.6 Å².